The fourth-order valence-corrected chi connectivity index (χ4v) is 2.38. The van der Waals surface area contributed by atoms with Gasteiger partial charge in [-0.1, -0.05) is 0 Å². The summed E-state index contributed by atoms with van der Waals surface area (Å²) in [6.45, 7) is 2.55. The second-order valence-corrected chi connectivity index (χ2v) is 4.36. The van der Waals surface area contributed by atoms with Crippen molar-refractivity contribution >= 4 is 22.3 Å². The van der Waals surface area contributed by atoms with Gasteiger partial charge in [0.1, 0.15) is 5.69 Å². The molecule has 2 aromatic rings. The van der Waals surface area contributed by atoms with Crippen molar-refractivity contribution in [2.45, 2.75) is 0 Å². The number of nitro benzene ring substituents is 1. The Balaban J connectivity index is 2.18. The molecule has 1 saturated heterocycles. The highest BCUT2D eigenvalue weighted by atomic mass is 16.6. The van der Waals surface area contributed by atoms with Gasteiger partial charge in [-0.3, -0.25) is 15.1 Å². The average Bonchev–Trinajstić information content (AvgIpc) is 2.46. The van der Waals surface area contributed by atoms with Gasteiger partial charge >= 0.3 is 5.69 Å². The minimum Gasteiger partial charge on any atom is -0.378 e. The van der Waals surface area contributed by atoms with E-state index in [1.165, 1.54) is 0 Å². The van der Waals surface area contributed by atoms with Gasteiger partial charge in [-0.2, -0.15) is 0 Å². The Morgan fingerprint density at radius 2 is 2.05 bits per heavy atom. The maximum atomic E-state index is 11.4. The Morgan fingerprint density at radius 1 is 1.26 bits per heavy atom. The molecule has 0 radical (unpaired) electrons. The molecular weight excluding hydrogens is 246 g/mol. The number of benzene rings is 1. The lowest BCUT2D eigenvalue weighted by Crippen LogP contribution is -2.36. The maximum absolute atomic E-state index is 11.4. The molecule has 0 atom stereocenters. The fourth-order valence-electron chi connectivity index (χ4n) is 2.38. The molecule has 6 heteroatoms. The van der Waals surface area contributed by atoms with Gasteiger partial charge in [-0.25, -0.2) is 0 Å². The molecule has 0 saturated carbocycles. The molecule has 2 heterocycles. The fraction of sp³-hybridized carbons (Fsp3) is 0.308. The van der Waals surface area contributed by atoms with Crippen LogP contribution in [0.1, 0.15) is 0 Å². The second-order valence-electron chi connectivity index (χ2n) is 4.36. The van der Waals surface area contributed by atoms with Crippen molar-refractivity contribution < 1.29 is 9.66 Å². The number of pyridine rings is 1. The summed E-state index contributed by atoms with van der Waals surface area (Å²) in [5.41, 5.74) is 1.42. The summed E-state index contributed by atoms with van der Waals surface area (Å²) >= 11 is 0. The first kappa shape index (κ1) is 11.9. The first-order chi connectivity index (χ1) is 9.27. The highest BCUT2D eigenvalue weighted by Crippen LogP contribution is 2.35. The zero-order valence-corrected chi connectivity index (χ0v) is 10.3. The first-order valence-corrected chi connectivity index (χ1v) is 6.12. The van der Waals surface area contributed by atoms with Crippen LogP contribution >= 0.6 is 0 Å². The number of anilines is 1. The third-order valence-electron chi connectivity index (χ3n) is 3.27. The van der Waals surface area contributed by atoms with Crippen LogP contribution in [-0.2, 0) is 4.74 Å². The number of nitrogens with zero attached hydrogens (tertiary/aromatic N) is 3. The van der Waals surface area contributed by atoms with Crippen LogP contribution in [0.25, 0.3) is 10.9 Å². The number of nitro groups is 1. The van der Waals surface area contributed by atoms with E-state index in [1.807, 2.05) is 11.0 Å². The van der Waals surface area contributed by atoms with E-state index < -0.39 is 0 Å². The van der Waals surface area contributed by atoms with Crippen LogP contribution in [0.15, 0.2) is 30.5 Å². The molecule has 0 amide bonds. The van der Waals surface area contributed by atoms with E-state index >= 15 is 0 Å². The van der Waals surface area contributed by atoms with Crippen LogP contribution in [0.2, 0.25) is 0 Å². The van der Waals surface area contributed by atoms with Gasteiger partial charge in [0.2, 0.25) is 0 Å². The Morgan fingerprint density at radius 3 is 2.79 bits per heavy atom. The monoisotopic (exact) mass is 259 g/mol. The van der Waals surface area contributed by atoms with Crippen LogP contribution in [0.5, 0.6) is 0 Å². The van der Waals surface area contributed by atoms with Crippen LogP contribution in [0.4, 0.5) is 11.4 Å². The summed E-state index contributed by atoms with van der Waals surface area (Å²) in [6, 6.07) is 7.06. The van der Waals surface area contributed by atoms with Crippen molar-refractivity contribution in [2.75, 3.05) is 31.2 Å². The summed E-state index contributed by atoms with van der Waals surface area (Å²) in [5.74, 6) is 0. The molecule has 1 aliphatic heterocycles. The van der Waals surface area contributed by atoms with Gasteiger partial charge in [-0.15, -0.1) is 0 Å². The Bertz CT molecular complexity index is 624. The zero-order valence-electron chi connectivity index (χ0n) is 10.3. The van der Waals surface area contributed by atoms with E-state index in [0.29, 0.717) is 42.9 Å². The molecule has 0 N–H and O–H groups in total. The molecule has 3 rings (SSSR count). The van der Waals surface area contributed by atoms with E-state index in [9.17, 15) is 10.1 Å². The third-order valence-corrected chi connectivity index (χ3v) is 3.27. The van der Waals surface area contributed by atoms with Crippen LogP contribution < -0.4 is 4.90 Å². The van der Waals surface area contributed by atoms with E-state index in [4.69, 9.17) is 4.74 Å². The Hall–Kier alpha value is -2.21. The molecule has 98 valence electrons. The maximum Gasteiger partial charge on any atom is 0.301 e. The standard InChI is InChI=1S/C13H13N3O3/c17-16(18)13-10-2-1-5-14-11(10)3-4-12(13)15-6-8-19-9-7-15/h1-5H,6-9H2. The zero-order chi connectivity index (χ0) is 13.2. The van der Waals surface area contributed by atoms with Gasteiger partial charge in [0.25, 0.3) is 0 Å². The molecule has 1 fully saturated rings. The van der Waals surface area contributed by atoms with E-state index in [2.05, 4.69) is 4.98 Å². The van der Waals surface area contributed by atoms with E-state index in [1.54, 1.807) is 24.4 Å². The van der Waals surface area contributed by atoms with Gasteiger partial charge in [0, 0.05) is 19.3 Å². The van der Waals surface area contributed by atoms with Crippen molar-refractivity contribution in [1.29, 1.82) is 0 Å². The molecule has 1 aromatic heterocycles. The minimum absolute atomic E-state index is 0.132. The number of ether oxygens (including phenoxy) is 1. The molecule has 1 aliphatic rings. The molecule has 0 aliphatic carbocycles. The molecule has 0 spiro atoms. The quantitative estimate of drug-likeness (QED) is 0.609. The highest BCUT2D eigenvalue weighted by Gasteiger charge is 2.24. The lowest BCUT2D eigenvalue weighted by atomic mass is 10.1. The topological polar surface area (TPSA) is 68.5 Å². The summed E-state index contributed by atoms with van der Waals surface area (Å²) in [4.78, 5) is 17.2. The normalized spacial score (nSPS) is 15.7. The average molecular weight is 259 g/mol. The summed E-state index contributed by atoms with van der Waals surface area (Å²) in [5, 5.41) is 12.0. The molecule has 1 aromatic carbocycles. The Labute approximate surface area is 109 Å². The lowest BCUT2D eigenvalue weighted by Gasteiger charge is -2.28. The van der Waals surface area contributed by atoms with Gasteiger partial charge in [0.15, 0.2) is 0 Å². The van der Waals surface area contributed by atoms with Gasteiger partial charge in [0.05, 0.1) is 29.0 Å². The molecule has 6 nitrogen and oxygen atoms in total. The number of fused-ring (bicyclic) bond motifs is 1. The van der Waals surface area contributed by atoms with Crippen molar-refractivity contribution in [3.63, 3.8) is 0 Å². The number of hydrogen-bond acceptors (Lipinski definition) is 5. The van der Waals surface area contributed by atoms with Crippen molar-refractivity contribution in [3.05, 3.63) is 40.6 Å². The summed E-state index contributed by atoms with van der Waals surface area (Å²) in [6.07, 6.45) is 1.64. The van der Waals surface area contributed by atoms with Gasteiger partial charge in [-0.05, 0) is 24.3 Å². The minimum atomic E-state index is -0.325. The van der Waals surface area contributed by atoms with Crippen LogP contribution in [-0.4, -0.2) is 36.2 Å². The number of hydrogen-bond donors (Lipinski definition) is 0. The Kier molecular flexibility index (Phi) is 3.00. The summed E-state index contributed by atoms with van der Waals surface area (Å²) in [7, 11) is 0. The number of aromatic nitrogens is 1. The van der Waals surface area contributed by atoms with Crippen molar-refractivity contribution in [2.24, 2.45) is 0 Å². The number of rotatable bonds is 2. The molecule has 0 unspecified atom stereocenters. The molecular formula is C13H13N3O3. The predicted octanol–water partition coefficient (Wildman–Crippen LogP) is 1.98. The first-order valence-electron chi connectivity index (χ1n) is 6.12. The second kappa shape index (κ2) is 4.81. The van der Waals surface area contributed by atoms with Crippen molar-refractivity contribution in [1.82, 2.24) is 4.98 Å². The van der Waals surface area contributed by atoms with Gasteiger partial charge < -0.3 is 9.64 Å². The summed E-state index contributed by atoms with van der Waals surface area (Å²) < 4.78 is 5.29. The van der Waals surface area contributed by atoms with Crippen molar-refractivity contribution in [3.8, 4) is 0 Å². The SMILES string of the molecule is O=[N+]([O-])c1c(N2CCOCC2)ccc2ncccc12. The lowest BCUT2D eigenvalue weighted by molar-refractivity contribution is -0.382. The van der Waals surface area contributed by atoms with E-state index in [0.717, 1.165) is 0 Å². The third kappa shape index (κ3) is 2.10. The largest absolute Gasteiger partial charge is 0.378 e. The molecule has 19 heavy (non-hydrogen) atoms. The smallest absolute Gasteiger partial charge is 0.301 e. The van der Waals surface area contributed by atoms with E-state index in [-0.39, 0.29) is 10.6 Å². The highest BCUT2D eigenvalue weighted by molar-refractivity contribution is 5.94. The van der Waals surface area contributed by atoms with Crippen LogP contribution in [0.3, 0.4) is 0 Å². The van der Waals surface area contributed by atoms with Crippen LogP contribution in [0, 0.1) is 10.1 Å². The molecule has 0 bridgehead atoms. The number of morpholine rings is 1. The predicted molar refractivity (Wildman–Crippen MR) is 71.4 cm³/mol.